The van der Waals surface area contributed by atoms with Crippen molar-refractivity contribution >= 4 is 5.91 Å². The summed E-state index contributed by atoms with van der Waals surface area (Å²) in [5.74, 6) is 0.108. The van der Waals surface area contributed by atoms with Crippen LogP contribution in [0.25, 0.3) is 0 Å². The molecule has 0 bridgehead atoms. The summed E-state index contributed by atoms with van der Waals surface area (Å²) in [6, 6.07) is 8.16. The molecule has 0 spiro atoms. The van der Waals surface area contributed by atoms with Gasteiger partial charge < -0.3 is 10.2 Å². The smallest absolute Gasteiger partial charge is 0.253 e. The van der Waals surface area contributed by atoms with Gasteiger partial charge in [0.05, 0.1) is 0 Å². The van der Waals surface area contributed by atoms with Crippen molar-refractivity contribution in [2.24, 2.45) is 0 Å². The van der Waals surface area contributed by atoms with Gasteiger partial charge >= 0.3 is 0 Å². The first-order valence-corrected chi connectivity index (χ1v) is 6.81. The molecule has 1 unspecified atom stereocenters. The average Bonchev–Trinajstić information content (AvgIpc) is 2.41. The highest BCUT2D eigenvalue weighted by molar-refractivity contribution is 5.95. The quantitative estimate of drug-likeness (QED) is 0.881. The Bertz CT molecular complexity index is 447. The number of nitrogens with one attached hydrogen (secondary N) is 1. The molecule has 1 aliphatic rings. The van der Waals surface area contributed by atoms with Crippen LogP contribution in [0.2, 0.25) is 0 Å². The lowest BCUT2D eigenvalue weighted by Crippen LogP contribution is -2.54. The van der Waals surface area contributed by atoms with E-state index in [2.05, 4.69) is 17.3 Å². The van der Waals surface area contributed by atoms with E-state index in [0.717, 1.165) is 37.3 Å². The number of hydrogen-bond donors (Lipinski definition) is 1. The molecule has 1 N–H and O–H groups in total. The molecule has 0 saturated carbocycles. The number of carbonyl (C=O) groups is 1. The summed E-state index contributed by atoms with van der Waals surface area (Å²) in [6.07, 6.45) is 0. The van der Waals surface area contributed by atoms with Gasteiger partial charge in [-0.15, -0.1) is 0 Å². The maximum absolute atomic E-state index is 12.4. The highest BCUT2D eigenvalue weighted by atomic mass is 16.2. The van der Waals surface area contributed by atoms with E-state index in [1.165, 1.54) is 0 Å². The fourth-order valence-corrected chi connectivity index (χ4v) is 2.48. The Hall–Kier alpha value is -1.39. The fraction of sp³-hybridized carbons (Fsp3) is 0.533. The van der Waals surface area contributed by atoms with E-state index in [-0.39, 0.29) is 5.91 Å². The van der Waals surface area contributed by atoms with Crippen molar-refractivity contribution in [2.75, 3.05) is 40.3 Å². The molecule has 0 aliphatic carbocycles. The summed E-state index contributed by atoms with van der Waals surface area (Å²) in [5, 5.41) is 3.38. The molecule has 1 amide bonds. The SMILES string of the molecule is Cc1ccccc1C(=O)N(C)CC1CNCCN1C. The van der Waals surface area contributed by atoms with Crippen molar-refractivity contribution in [3.63, 3.8) is 0 Å². The molecule has 0 radical (unpaired) electrons. The van der Waals surface area contributed by atoms with E-state index in [1.807, 2.05) is 43.1 Å². The minimum Gasteiger partial charge on any atom is -0.340 e. The topological polar surface area (TPSA) is 35.6 Å². The summed E-state index contributed by atoms with van der Waals surface area (Å²) in [5.41, 5.74) is 1.84. The van der Waals surface area contributed by atoms with Crippen molar-refractivity contribution < 1.29 is 4.79 Å². The first-order valence-electron chi connectivity index (χ1n) is 6.81. The van der Waals surface area contributed by atoms with E-state index in [0.29, 0.717) is 6.04 Å². The number of hydrogen-bond acceptors (Lipinski definition) is 3. The summed E-state index contributed by atoms with van der Waals surface area (Å²) < 4.78 is 0. The van der Waals surface area contributed by atoms with Crippen molar-refractivity contribution in [3.8, 4) is 0 Å². The van der Waals surface area contributed by atoms with Crippen LogP contribution < -0.4 is 5.32 Å². The first kappa shape index (κ1) is 14.0. The molecular weight excluding hydrogens is 238 g/mol. The molecule has 4 heteroatoms. The lowest BCUT2D eigenvalue weighted by molar-refractivity contribution is 0.0728. The molecule has 1 aromatic rings. The van der Waals surface area contributed by atoms with Gasteiger partial charge in [-0.05, 0) is 25.6 Å². The van der Waals surface area contributed by atoms with Crippen LogP contribution in [0.1, 0.15) is 15.9 Å². The van der Waals surface area contributed by atoms with Gasteiger partial charge in [0.15, 0.2) is 0 Å². The largest absolute Gasteiger partial charge is 0.340 e. The number of aryl methyl sites for hydroxylation is 1. The summed E-state index contributed by atoms with van der Waals surface area (Å²) in [7, 11) is 4.01. The van der Waals surface area contributed by atoms with Gasteiger partial charge in [-0.2, -0.15) is 0 Å². The second-order valence-electron chi connectivity index (χ2n) is 5.34. The second kappa shape index (κ2) is 6.17. The zero-order chi connectivity index (χ0) is 13.8. The van der Waals surface area contributed by atoms with Crippen LogP contribution in [0.4, 0.5) is 0 Å². The number of amides is 1. The third-order valence-corrected chi connectivity index (χ3v) is 3.85. The standard InChI is InChI=1S/C15H23N3O/c1-12-6-4-5-7-14(12)15(19)18(3)11-13-10-16-8-9-17(13)2/h4-7,13,16H,8-11H2,1-3H3. The summed E-state index contributed by atoms with van der Waals surface area (Å²) in [4.78, 5) is 16.6. The highest BCUT2D eigenvalue weighted by Crippen LogP contribution is 2.11. The Morgan fingerprint density at radius 3 is 2.89 bits per heavy atom. The van der Waals surface area contributed by atoms with Gasteiger partial charge in [0.1, 0.15) is 0 Å². The van der Waals surface area contributed by atoms with Crippen molar-refractivity contribution in [3.05, 3.63) is 35.4 Å². The molecule has 4 nitrogen and oxygen atoms in total. The molecule has 2 rings (SSSR count). The van der Waals surface area contributed by atoms with Gasteiger partial charge in [0.2, 0.25) is 0 Å². The maximum atomic E-state index is 12.4. The Balaban J connectivity index is 2.01. The molecular formula is C15H23N3O. The van der Waals surface area contributed by atoms with Gasteiger partial charge in [-0.3, -0.25) is 9.69 Å². The van der Waals surface area contributed by atoms with Crippen LogP contribution in [0, 0.1) is 6.92 Å². The van der Waals surface area contributed by atoms with Crippen LogP contribution in [0.5, 0.6) is 0 Å². The van der Waals surface area contributed by atoms with Crippen LogP contribution in [-0.2, 0) is 0 Å². The van der Waals surface area contributed by atoms with Crippen molar-refractivity contribution in [2.45, 2.75) is 13.0 Å². The van der Waals surface area contributed by atoms with Crippen LogP contribution in [-0.4, -0.2) is 62.0 Å². The average molecular weight is 261 g/mol. The third kappa shape index (κ3) is 3.33. The maximum Gasteiger partial charge on any atom is 0.253 e. The van der Waals surface area contributed by atoms with Crippen molar-refractivity contribution in [1.29, 1.82) is 0 Å². The predicted molar refractivity (Wildman–Crippen MR) is 77.4 cm³/mol. The normalized spacial score (nSPS) is 20.3. The van der Waals surface area contributed by atoms with Crippen LogP contribution in [0.3, 0.4) is 0 Å². The van der Waals surface area contributed by atoms with E-state index in [4.69, 9.17) is 0 Å². The predicted octanol–water partition coefficient (Wildman–Crippen LogP) is 0.971. The highest BCUT2D eigenvalue weighted by Gasteiger charge is 2.23. The van der Waals surface area contributed by atoms with Gasteiger partial charge in [-0.25, -0.2) is 0 Å². The fourth-order valence-electron chi connectivity index (χ4n) is 2.48. The molecule has 1 saturated heterocycles. The summed E-state index contributed by atoms with van der Waals surface area (Å²) in [6.45, 7) is 5.76. The number of carbonyl (C=O) groups excluding carboxylic acids is 1. The second-order valence-corrected chi connectivity index (χ2v) is 5.34. The zero-order valence-corrected chi connectivity index (χ0v) is 12.0. The number of likely N-dealkylation sites (N-methyl/N-ethyl adjacent to an activating group) is 2. The van der Waals surface area contributed by atoms with Crippen LogP contribution in [0.15, 0.2) is 24.3 Å². The molecule has 1 atom stereocenters. The van der Waals surface area contributed by atoms with Gasteiger partial charge in [0.25, 0.3) is 5.91 Å². The lowest BCUT2D eigenvalue weighted by atomic mass is 10.1. The minimum atomic E-state index is 0.108. The van der Waals surface area contributed by atoms with E-state index in [9.17, 15) is 4.79 Å². The molecule has 104 valence electrons. The number of nitrogens with zero attached hydrogens (tertiary/aromatic N) is 2. The molecule has 1 fully saturated rings. The number of rotatable bonds is 3. The zero-order valence-electron chi connectivity index (χ0n) is 12.0. The summed E-state index contributed by atoms with van der Waals surface area (Å²) >= 11 is 0. The lowest BCUT2D eigenvalue weighted by Gasteiger charge is -2.35. The van der Waals surface area contributed by atoms with Gasteiger partial charge in [0, 0.05) is 44.8 Å². The Morgan fingerprint density at radius 2 is 2.21 bits per heavy atom. The Morgan fingerprint density at radius 1 is 1.47 bits per heavy atom. The molecule has 19 heavy (non-hydrogen) atoms. The molecule has 1 heterocycles. The molecule has 1 aliphatic heterocycles. The number of piperazine rings is 1. The van der Waals surface area contributed by atoms with E-state index < -0.39 is 0 Å². The molecule has 1 aromatic carbocycles. The first-order chi connectivity index (χ1) is 9.09. The monoisotopic (exact) mass is 261 g/mol. The third-order valence-electron chi connectivity index (χ3n) is 3.85. The Labute approximate surface area is 115 Å². The van der Waals surface area contributed by atoms with Crippen molar-refractivity contribution in [1.82, 2.24) is 15.1 Å². The van der Waals surface area contributed by atoms with Gasteiger partial charge in [-0.1, -0.05) is 18.2 Å². The minimum absolute atomic E-state index is 0.108. The number of benzene rings is 1. The Kier molecular flexibility index (Phi) is 4.56. The van der Waals surface area contributed by atoms with E-state index >= 15 is 0 Å². The molecule has 0 aromatic heterocycles. The van der Waals surface area contributed by atoms with Crippen LogP contribution >= 0.6 is 0 Å². The van der Waals surface area contributed by atoms with E-state index in [1.54, 1.807) is 0 Å².